The number of amides is 1. The third-order valence-electron chi connectivity index (χ3n) is 3.24. The predicted octanol–water partition coefficient (Wildman–Crippen LogP) is 0.484. The molecule has 1 fully saturated rings. The lowest BCUT2D eigenvalue weighted by Crippen LogP contribution is -2.50. The maximum Gasteiger partial charge on any atom is 0.254 e. The van der Waals surface area contributed by atoms with E-state index in [9.17, 15) is 9.90 Å². The zero-order valence-electron chi connectivity index (χ0n) is 11.5. The summed E-state index contributed by atoms with van der Waals surface area (Å²) < 4.78 is 5.27. The summed E-state index contributed by atoms with van der Waals surface area (Å²) in [6, 6.07) is 4.65. The van der Waals surface area contributed by atoms with Crippen LogP contribution in [0.1, 0.15) is 15.9 Å². The summed E-state index contributed by atoms with van der Waals surface area (Å²) in [5.74, 6) is 5.40. The van der Waals surface area contributed by atoms with Crippen molar-refractivity contribution in [2.24, 2.45) is 5.73 Å². The molecule has 1 unspecified atom stereocenters. The van der Waals surface area contributed by atoms with Gasteiger partial charge in [0.25, 0.3) is 5.91 Å². The van der Waals surface area contributed by atoms with Crippen LogP contribution in [0.4, 0.5) is 0 Å². The van der Waals surface area contributed by atoms with Gasteiger partial charge in [-0.25, -0.2) is 0 Å². The number of carbonyl (C=O) groups excluding carboxylic acids is 1. The predicted molar refractivity (Wildman–Crippen MR) is 80.1 cm³/mol. The number of nitrogens with zero attached hydrogens (tertiary/aromatic N) is 1. The van der Waals surface area contributed by atoms with E-state index < -0.39 is 0 Å². The number of aliphatic hydroxyl groups excluding tert-OH is 1. The number of hydrogen-bond donors (Lipinski definition) is 2. The Morgan fingerprint density at radius 2 is 2.38 bits per heavy atom. The highest BCUT2D eigenvalue weighted by Crippen LogP contribution is 2.20. The maximum absolute atomic E-state index is 12.5. The van der Waals surface area contributed by atoms with Crippen LogP contribution in [0.15, 0.2) is 18.2 Å². The van der Waals surface area contributed by atoms with E-state index in [2.05, 4.69) is 11.8 Å². The van der Waals surface area contributed by atoms with Gasteiger partial charge in [-0.3, -0.25) is 4.79 Å². The Hall–Kier alpha value is -1.58. The van der Waals surface area contributed by atoms with E-state index in [4.69, 9.17) is 22.1 Å². The lowest BCUT2D eigenvalue weighted by molar-refractivity contribution is -0.0183. The van der Waals surface area contributed by atoms with Gasteiger partial charge >= 0.3 is 0 Å². The molecule has 0 aromatic heterocycles. The molecule has 3 N–H and O–H groups in total. The average Bonchev–Trinajstić information content (AvgIpc) is 2.53. The van der Waals surface area contributed by atoms with E-state index in [1.165, 1.54) is 0 Å². The van der Waals surface area contributed by atoms with Crippen molar-refractivity contribution in [1.29, 1.82) is 0 Å². The standard InChI is InChI=1S/C15H17ClN2O3/c16-14-8-12(4-3-11(14)2-1-5-17)15(20)18-6-7-21-10-13(18)9-19/h3-4,8,13,19H,5-7,9-10,17H2. The van der Waals surface area contributed by atoms with Crippen molar-refractivity contribution < 1.29 is 14.6 Å². The minimum Gasteiger partial charge on any atom is -0.394 e. The maximum atomic E-state index is 12.5. The molecular formula is C15H17ClN2O3. The number of morpholine rings is 1. The quantitative estimate of drug-likeness (QED) is 0.779. The molecule has 0 aliphatic carbocycles. The summed E-state index contributed by atoms with van der Waals surface area (Å²) in [5, 5.41) is 9.74. The molecule has 1 atom stereocenters. The van der Waals surface area contributed by atoms with Gasteiger partial charge in [0.05, 0.1) is 37.4 Å². The molecular weight excluding hydrogens is 292 g/mol. The van der Waals surface area contributed by atoms with Crippen LogP contribution in [-0.4, -0.2) is 54.9 Å². The van der Waals surface area contributed by atoms with Crippen molar-refractivity contribution in [3.8, 4) is 11.8 Å². The van der Waals surface area contributed by atoms with E-state index in [-0.39, 0.29) is 25.1 Å². The molecule has 6 heteroatoms. The van der Waals surface area contributed by atoms with Gasteiger partial charge in [-0.15, -0.1) is 0 Å². The molecule has 2 rings (SSSR count). The fourth-order valence-corrected chi connectivity index (χ4v) is 2.36. The Kier molecular flexibility index (Phi) is 5.59. The van der Waals surface area contributed by atoms with E-state index in [0.29, 0.717) is 35.9 Å². The Morgan fingerprint density at radius 1 is 1.57 bits per heavy atom. The number of nitrogens with two attached hydrogens (primary N) is 1. The Labute approximate surface area is 128 Å². The Balaban J connectivity index is 2.21. The molecule has 1 aromatic rings. The Morgan fingerprint density at radius 3 is 3.05 bits per heavy atom. The molecule has 1 saturated heterocycles. The smallest absolute Gasteiger partial charge is 0.254 e. The lowest BCUT2D eigenvalue weighted by Gasteiger charge is -2.34. The second-order valence-electron chi connectivity index (χ2n) is 4.61. The van der Waals surface area contributed by atoms with Gasteiger partial charge in [0.2, 0.25) is 0 Å². The van der Waals surface area contributed by atoms with E-state index >= 15 is 0 Å². The Bertz CT molecular complexity index is 580. The van der Waals surface area contributed by atoms with Crippen molar-refractivity contribution in [1.82, 2.24) is 4.90 Å². The number of halogens is 1. The highest BCUT2D eigenvalue weighted by atomic mass is 35.5. The summed E-state index contributed by atoms with van der Waals surface area (Å²) in [6.07, 6.45) is 0. The van der Waals surface area contributed by atoms with Crippen molar-refractivity contribution in [3.05, 3.63) is 34.3 Å². The molecule has 1 amide bonds. The van der Waals surface area contributed by atoms with Crippen molar-refractivity contribution in [2.75, 3.05) is 32.9 Å². The normalized spacial score (nSPS) is 18.0. The molecule has 0 bridgehead atoms. The van der Waals surface area contributed by atoms with Gasteiger partial charge in [0, 0.05) is 17.7 Å². The van der Waals surface area contributed by atoms with Gasteiger partial charge in [0.15, 0.2) is 0 Å². The number of ether oxygens (including phenoxy) is 1. The highest BCUT2D eigenvalue weighted by molar-refractivity contribution is 6.32. The fraction of sp³-hybridized carbons (Fsp3) is 0.400. The molecule has 1 aliphatic rings. The van der Waals surface area contributed by atoms with Crippen molar-refractivity contribution >= 4 is 17.5 Å². The number of benzene rings is 1. The largest absolute Gasteiger partial charge is 0.394 e. The topological polar surface area (TPSA) is 75.8 Å². The van der Waals surface area contributed by atoms with E-state index in [0.717, 1.165) is 0 Å². The molecule has 112 valence electrons. The summed E-state index contributed by atoms with van der Waals surface area (Å²) in [6.45, 7) is 1.39. The summed E-state index contributed by atoms with van der Waals surface area (Å²) in [5.41, 5.74) is 6.43. The second kappa shape index (κ2) is 7.43. The summed E-state index contributed by atoms with van der Waals surface area (Å²) >= 11 is 6.13. The van der Waals surface area contributed by atoms with Gasteiger partial charge in [-0.1, -0.05) is 23.4 Å². The van der Waals surface area contributed by atoms with Crippen LogP contribution in [-0.2, 0) is 4.74 Å². The van der Waals surface area contributed by atoms with Crippen molar-refractivity contribution in [2.45, 2.75) is 6.04 Å². The third-order valence-corrected chi connectivity index (χ3v) is 3.55. The van der Waals surface area contributed by atoms with Crippen LogP contribution in [0, 0.1) is 11.8 Å². The van der Waals surface area contributed by atoms with E-state index in [1.54, 1.807) is 23.1 Å². The number of rotatable bonds is 2. The van der Waals surface area contributed by atoms with Gasteiger partial charge < -0.3 is 20.5 Å². The summed E-state index contributed by atoms with van der Waals surface area (Å²) in [4.78, 5) is 14.1. The zero-order chi connectivity index (χ0) is 15.2. The first-order chi connectivity index (χ1) is 10.2. The molecule has 1 aliphatic heterocycles. The highest BCUT2D eigenvalue weighted by Gasteiger charge is 2.27. The van der Waals surface area contributed by atoms with Gasteiger partial charge in [-0.05, 0) is 18.2 Å². The number of carbonyl (C=O) groups is 1. The van der Waals surface area contributed by atoms with Gasteiger partial charge in [0.1, 0.15) is 0 Å². The molecule has 0 saturated carbocycles. The second-order valence-corrected chi connectivity index (χ2v) is 5.02. The van der Waals surface area contributed by atoms with Crippen LogP contribution >= 0.6 is 11.6 Å². The van der Waals surface area contributed by atoms with Crippen LogP contribution < -0.4 is 5.73 Å². The minimum absolute atomic E-state index is 0.125. The van der Waals surface area contributed by atoms with Gasteiger partial charge in [-0.2, -0.15) is 0 Å². The first kappa shape index (κ1) is 15.8. The van der Waals surface area contributed by atoms with Crippen molar-refractivity contribution in [3.63, 3.8) is 0 Å². The molecule has 1 aromatic carbocycles. The first-order valence-electron chi connectivity index (χ1n) is 6.65. The van der Waals surface area contributed by atoms with Crippen LogP contribution in [0.2, 0.25) is 5.02 Å². The molecule has 0 radical (unpaired) electrons. The average molecular weight is 309 g/mol. The monoisotopic (exact) mass is 308 g/mol. The SMILES string of the molecule is NCC#Cc1ccc(C(=O)N2CCOCC2CO)cc1Cl. The number of hydrogen-bond acceptors (Lipinski definition) is 4. The zero-order valence-corrected chi connectivity index (χ0v) is 12.3. The minimum atomic E-state index is -0.318. The van der Waals surface area contributed by atoms with Crippen LogP contribution in [0.5, 0.6) is 0 Å². The third kappa shape index (κ3) is 3.74. The molecule has 0 spiro atoms. The molecule has 1 heterocycles. The van der Waals surface area contributed by atoms with Crippen LogP contribution in [0.25, 0.3) is 0 Å². The fourth-order valence-electron chi connectivity index (χ4n) is 2.14. The molecule has 5 nitrogen and oxygen atoms in total. The summed E-state index contributed by atoms with van der Waals surface area (Å²) in [7, 11) is 0. The number of aliphatic hydroxyl groups is 1. The van der Waals surface area contributed by atoms with Crippen LogP contribution in [0.3, 0.4) is 0 Å². The molecule has 21 heavy (non-hydrogen) atoms. The first-order valence-corrected chi connectivity index (χ1v) is 7.03. The van der Waals surface area contributed by atoms with E-state index in [1.807, 2.05) is 0 Å². The lowest BCUT2D eigenvalue weighted by atomic mass is 10.1.